The van der Waals surface area contributed by atoms with Crippen LogP contribution in [0.3, 0.4) is 0 Å². The number of carbonyl (C=O) groups excluding carboxylic acids is 3. The molecule has 2 rings (SSSR count). The molecule has 0 aliphatic carbocycles. The predicted molar refractivity (Wildman–Crippen MR) is 101 cm³/mol. The van der Waals surface area contributed by atoms with Crippen LogP contribution in [-0.4, -0.2) is 30.4 Å². The molecule has 7 nitrogen and oxygen atoms in total. The molecule has 0 bridgehead atoms. The second-order valence-corrected chi connectivity index (χ2v) is 5.97. The van der Waals surface area contributed by atoms with Crippen LogP contribution in [0.15, 0.2) is 48.5 Å². The number of aryl methyl sites for hydroxylation is 1. The summed E-state index contributed by atoms with van der Waals surface area (Å²) in [5.41, 5.74) is 6.41. The highest BCUT2D eigenvalue weighted by atomic mass is 16.5. The van der Waals surface area contributed by atoms with E-state index in [2.05, 4.69) is 16.2 Å². The van der Waals surface area contributed by atoms with Crippen molar-refractivity contribution in [1.82, 2.24) is 16.2 Å². The van der Waals surface area contributed by atoms with Crippen molar-refractivity contribution in [3.05, 3.63) is 65.2 Å². The van der Waals surface area contributed by atoms with Crippen molar-refractivity contribution < 1.29 is 19.1 Å². The van der Waals surface area contributed by atoms with E-state index in [0.29, 0.717) is 23.5 Å². The maximum Gasteiger partial charge on any atom is 0.269 e. The average Bonchev–Trinajstić information content (AvgIpc) is 2.66. The molecule has 0 aliphatic heterocycles. The van der Waals surface area contributed by atoms with E-state index in [1.165, 1.54) is 6.92 Å². The Bertz CT molecular complexity index is 818. The second-order valence-electron chi connectivity index (χ2n) is 5.97. The van der Waals surface area contributed by atoms with Gasteiger partial charge in [-0.15, -0.1) is 0 Å². The molecule has 2 aromatic carbocycles. The Kier molecular flexibility index (Phi) is 6.93. The number of ether oxygens (including phenoxy) is 1. The Hall–Kier alpha value is -3.35. The number of benzene rings is 2. The zero-order valence-corrected chi connectivity index (χ0v) is 15.5. The van der Waals surface area contributed by atoms with Gasteiger partial charge < -0.3 is 10.1 Å². The van der Waals surface area contributed by atoms with Crippen LogP contribution in [0.1, 0.15) is 40.1 Å². The molecule has 3 N–H and O–H groups in total. The monoisotopic (exact) mass is 369 g/mol. The lowest BCUT2D eigenvalue weighted by atomic mass is 10.1. The predicted octanol–water partition coefficient (Wildman–Crippen LogP) is 1.97. The second kappa shape index (κ2) is 9.38. The summed E-state index contributed by atoms with van der Waals surface area (Å²) in [6, 6.07) is 12.8. The molecule has 27 heavy (non-hydrogen) atoms. The molecular weight excluding hydrogens is 346 g/mol. The standard InChI is InChI=1S/C20H23N3O4/c1-4-27-17-10-8-15(9-11-17)20(26)23-22-18(24)14(3)21-19(25)16-7-5-6-13(2)12-16/h5-12,14H,4H2,1-3H3,(H,21,25)(H,22,24)(H,23,26)/t14-/m0/s1. The van der Waals surface area contributed by atoms with E-state index in [0.717, 1.165) is 5.56 Å². The van der Waals surface area contributed by atoms with Crippen LogP contribution in [0.4, 0.5) is 0 Å². The molecule has 0 aliphatic rings. The largest absolute Gasteiger partial charge is 0.494 e. The Morgan fingerprint density at radius 1 is 0.963 bits per heavy atom. The van der Waals surface area contributed by atoms with Gasteiger partial charge in [0.1, 0.15) is 11.8 Å². The first-order chi connectivity index (χ1) is 12.9. The minimum atomic E-state index is -0.821. The first-order valence-electron chi connectivity index (χ1n) is 8.61. The van der Waals surface area contributed by atoms with Crippen LogP contribution in [0, 0.1) is 6.92 Å². The van der Waals surface area contributed by atoms with Gasteiger partial charge in [0, 0.05) is 11.1 Å². The summed E-state index contributed by atoms with van der Waals surface area (Å²) in [6.45, 7) is 5.82. The summed E-state index contributed by atoms with van der Waals surface area (Å²) in [4.78, 5) is 36.3. The maximum atomic E-state index is 12.2. The number of hydrazine groups is 1. The van der Waals surface area contributed by atoms with E-state index in [1.807, 2.05) is 19.9 Å². The first kappa shape index (κ1) is 20.0. The molecule has 0 heterocycles. The van der Waals surface area contributed by atoms with Crippen molar-refractivity contribution in [2.75, 3.05) is 6.61 Å². The van der Waals surface area contributed by atoms with Crippen molar-refractivity contribution in [3.8, 4) is 5.75 Å². The van der Waals surface area contributed by atoms with E-state index >= 15 is 0 Å². The van der Waals surface area contributed by atoms with Crippen LogP contribution >= 0.6 is 0 Å². The van der Waals surface area contributed by atoms with Gasteiger partial charge in [0.25, 0.3) is 17.7 Å². The lowest BCUT2D eigenvalue weighted by molar-refractivity contribution is -0.123. The minimum absolute atomic E-state index is 0.362. The van der Waals surface area contributed by atoms with Crippen LogP contribution in [0.2, 0.25) is 0 Å². The van der Waals surface area contributed by atoms with Crippen LogP contribution < -0.4 is 20.9 Å². The third kappa shape index (κ3) is 5.85. The van der Waals surface area contributed by atoms with Crippen LogP contribution in [-0.2, 0) is 4.79 Å². The molecule has 142 valence electrons. The fraction of sp³-hybridized carbons (Fsp3) is 0.250. The third-order valence-electron chi connectivity index (χ3n) is 3.75. The quantitative estimate of drug-likeness (QED) is 0.678. The normalized spacial score (nSPS) is 11.2. The highest BCUT2D eigenvalue weighted by Crippen LogP contribution is 2.11. The number of carbonyl (C=O) groups is 3. The smallest absolute Gasteiger partial charge is 0.269 e. The van der Waals surface area contributed by atoms with Gasteiger partial charge in [0.2, 0.25) is 0 Å². The maximum absolute atomic E-state index is 12.2. The molecule has 7 heteroatoms. The van der Waals surface area contributed by atoms with Gasteiger partial charge in [-0.1, -0.05) is 17.7 Å². The van der Waals surface area contributed by atoms with E-state index in [4.69, 9.17) is 4.74 Å². The molecule has 0 saturated carbocycles. The average molecular weight is 369 g/mol. The first-order valence-corrected chi connectivity index (χ1v) is 8.61. The van der Waals surface area contributed by atoms with Crippen LogP contribution in [0.25, 0.3) is 0 Å². The van der Waals surface area contributed by atoms with E-state index < -0.39 is 17.9 Å². The highest BCUT2D eigenvalue weighted by Gasteiger charge is 2.17. The topological polar surface area (TPSA) is 96.5 Å². The van der Waals surface area contributed by atoms with Crippen LogP contribution in [0.5, 0.6) is 5.75 Å². The van der Waals surface area contributed by atoms with Gasteiger partial charge >= 0.3 is 0 Å². The van der Waals surface area contributed by atoms with Gasteiger partial charge in [0.15, 0.2) is 0 Å². The number of hydrogen-bond acceptors (Lipinski definition) is 4. The van der Waals surface area contributed by atoms with E-state index in [-0.39, 0.29) is 5.91 Å². The fourth-order valence-electron chi connectivity index (χ4n) is 2.30. The molecule has 0 unspecified atom stereocenters. The molecule has 0 radical (unpaired) electrons. The molecule has 1 atom stereocenters. The summed E-state index contributed by atoms with van der Waals surface area (Å²) in [6.07, 6.45) is 0. The summed E-state index contributed by atoms with van der Waals surface area (Å²) >= 11 is 0. The van der Waals surface area contributed by atoms with Crippen molar-refractivity contribution in [1.29, 1.82) is 0 Å². The Morgan fingerprint density at radius 2 is 1.67 bits per heavy atom. The van der Waals surface area contributed by atoms with Crippen molar-refractivity contribution in [3.63, 3.8) is 0 Å². The molecule has 0 aromatic heterocycles. The number of nitrogens with one attached hydrogen (secondary N) is 3. The highest BCUT2D eigenvalue weighted by molar-refractivity contribution is 5.99. The fourth-order valence-corrected chi connectivity index (χ4v) is 2.30. The van der Waals surface area contributed by atoms with Gasteiger partial charge in [-0.2, -0.15) is 0 Å². The Labute approximate surface area is 158 Å². The summed E-state index contributed by atoms with van der Waals surface area (Å²) in [5, 5.41) is 2.59. The number of amides is 3. The third-order valence-corrected chi connectivity index (χ3v) is 3.75. The summed E-state index contributed by atoms with van der Waals surface area (Å²) in [7, 11) is 0. The van der Waals surface area contributed by atoms with Gasteiger partial charge in [-0.25, -0.2) is 0 Å². The Morgan fingerprint density at radius 3 is 2.30 bits per heavy atom. The Balaban J connectivity index is 1.85. The van der Waals surface area contributed by atoms with Crippen molar-refractivity contribution >= 4 is 17.7 Å². The minimum Gasteiger partial charge on any atom is -0.494 e. The molecular formula is C20H23N3O4. The van der Waals surface area contributed by atoms with Gasteiger partial charge in [0.05, 0.1) is 6.61 Å². The lowest BCUT2D eigenvalue weighted by Gasteiger charge is -2.15. The zero-order valence-electron chi connectivity index (χ0n) is 15.5. The summed E-state index contributed by atoms with van der Waals surface area (Å²) in [5.74, 6) is -0.705. The molecule has 0 saturated heterocycles. The summed E-state index contributed by atoms with van der Waals surface area (Å²) < 4.78 is 5.31. The zero-order chi connectivity index (χ0) is 19.8. The number of rotatable bonds is 6. The molecule has 0 spiro atoms. The SMILES string of the molecule is CCOc1ccc(C(=O)NNC(=O)[C@H](C)NC(=O)c2cccc(C)c2)cc1. The van der Waals surface area contributed by atoms with Crippen molar-refractivity contribution in [2.45, 2.75) is 26.8 Å². The van der Waals surface area contributed by atoms with E-state index in [1.54, 1.807) is 42.5 Å². The van der Waals surface area contributed by atoms with Gasteiger partial charge in [-0.3, -0.25) is 25.2 Å². The van der Waals surface area contributed by atoms with Gasteiger partial charge in [-0.05, 0) is 57.2 Å². The molecule has 0 fully saturated rings. The number of hydrogen-bond donors (Lipinski definition) is 3. The van der Waals surface area contributed by atoms with E-state index in [9.17, 15) is 14.4 Å². The molecule has 2 aromatic rings. The lowest BCUT2D eigenvalue weighted by Crippen LogP contribution is -2.51. The molecule has 3 amide bonds. The van der Waals surface area contributed by atoms with Crippen molar-refractivity contribution in [2.24, 2.45) is 0 Å².